The second-order valence-electron chi connectivity index (χ2n) is 3.43. The smallest absolute Gasteiger partial charge is 0.135 e. The van der Waals surface area contributed by atoms with Crippen molar-refractivity contribution in [1.29, 1.82) is 0 Å². The maximum absolute atomic E-state index is 4.41. The fourth-order valence-corrected chi connectivity index (χ4v) is 1.12. The molecule has 0 saturated carbocycles. The van der Waals surface area contributed by atoms with Gasteiger partial charge in [0.2, 0.25) is 0 Å². The molecule has 1 heterocycles. The largest absolute Gasteiger partial charge is 0.373 e. The summed E-state index contributed by atoms with van der Waals surface area (Å²) in [6, 6.07) is 1.91. The molecule has 0 radical (unpaired) electrons. The number of rotatable bonds is 4. The van der Waals surface area contributed by atoms with Crippen LogP contribution in [0.3, 0.4) is 0 Å². The number of hydrogen-bond donors (Lipinski definition) is 2. The van der Waals surface area contributed by atoms with Crippen molar-refractivity contribution in [2.45, 2.75) is 26.7 Å². The van der Waals surface area contributed by atoms with Crippen LogP contribution in [0.2, 0.25) is 0 Å². The number of hydrogen-bond acceptors (Lipinski definition) is 4. The minimum Gasteiger partial charge on any atom is -0.373 e. The van der Waals surface area contributed by atoms with Gasteiger partial charge in [0.15, 0.2) is 0 Å². The summed E-state index contributed by atoms with van der Waals surface area (Å²) in [6.45, 7) is 7.10. The van der Waals surface area contributed by atoms with Gasteiger partial charge in [-0.25, -0.2) is 9.97 Å². The molecule has 0 aromatic carbocycles. The molecule has 0 amide bonds. The first-order valence-corrected chi connectivity index (χ1v) is 4.98. The number of nitrogens with one attached hydrogen (secondary N) is 2. The highest BCUT2D eigenvalue weighted by Gasteiger charge is 2.06. The van der Waals surface area contributed by atoms with Gasteiger partial charge in [0.25, 0.3) is 0 Å². The van der Waals surface area contributed by atoms with Crippen LogP contribution in [0.1, 0.15) is 32.5 Å². The van der Waals surface area contributed by atoms with Crippen LogP contribution in [-0.2, 0) is 0 Å². The van der Waals surface area contributed by atoms with Crippen molar-refractivity contribution in [3.8, 4) is 0 Å². The van der Waals surface area contributed by atoms with Crippen LogP contribution in [0.25, 0.3) is 0 Å². The second-order valence-corrected chi connectivity index (χ2v) is 3.43. The average Bonchev–Trinajstić information content (AvgIpc) is 2.17. The van der Waals surface area contributed by atoms with Crippen molar-refractivity contribution in [3.05, 3.63) is 11.9 Å². The normalized spacial score (nSPS) is 10.4. The predicted octanol–water partition coefficient (Wildman–Crippen LogP) is 2.07. The standard InChI is InChI=1S/C10H18N4/c1-5-12-9-6-8(11-4)13-10(14-9)7(2)3/h6-7H,5H2,1-4H3,(H2,11,12,13,14). The first-order valence-electron chi connectivity index (χ1n) is 4.98. The molecule has 2 N–H and O–H groups in total. The van der Waals surface area contributed by atoms with E-state index in [0.29, 0.717) is 5.92 Å². The summed E-state index contributed by atoms with van der Waals surface area (Å²) in [5.74, 6) is 2.96. The first kappa shape index (κ1) is 10.8. The minimum atomic E-state index is 0.348. The van der Waals surface area contributed by atoms with Crippen molar-refractivity contribution in [1.82, 2.24) is 9.97 Å². The Morgan fingerprint density at radius 1 is 1.29 bits per heavy atom. The van der Waals surface area contributed by atoms with Crippen LogP contribution in [0.5, 0.6) is 0 Å². The van der Waals surface area contributed by atoms with Gasteiger partial charge >= 0.3 is 0 Å². The number of anilines is 2. The predicted molar refractivity (Wildman–Crippen MR) is 59.8 cm³/mol. The highest BCUT2D eigenvalue weighted by molar-refractivity contribution is 5.47. The van der Waals surface area contributed by atoms with Gasteiger partial charge in [-0.05, 0) is 6.92 Å². The zero-order chi connectivity index (χ0) is 10.6. The quantitative estimate of drug-likeness (QED) is 0.770. The summed E-state index contributed by atoms with van der Waals surface area (Å²) >= 11 is 0. The third-order valence-corrected chi connectivity index (χ3v) is 1.87. The van der Waals surface area contributed by atoms with E-state index in [0.717, 1.165) is 24.0 Å². The van der Waals surface area contributed by atoms with Crippen molar-refractivity contribution >= 4 is 11.6 Å². The molecule has 0 fully saturated rings. The molecule has 4 heteroatoms. The van der Waals surface area contributed by atoms with E-state index in [4.69, 9.17) is 0 Å². The van der Waals surface area contributed by atoms with E-state index in [9.17, 15) is 0 Å². The van der Waals surface area contributed by atoms with Crippen molar-refractivity contribution in [2.24, 2.45) is 0 Å². The fourth-order valence-electron chi connectivity index (χ4n) is 1.12. The average molecular weight is 194 g/mol. The van der Waals surface area contributed by atoms with Crippen molar-refractivity contribution in [3.63, 3.8) is 0 Å². The third kappa shape index (κ3) is 2.58. The summed E-state index contributed by atoms with van der Waals surface area (Å²) in [7, 11) is 1.86. The molecule has 0 aliphatic rings. The van der Waals surface area contributed by atoms with Gasteiger partial charge in [-0.1, -0.05) is 13.8 Å². The summed E-state index contributed by atoms with van der Waals surface area (Å²) < 4.78 is 0. The molecular weight excluding hydrogens is 176 g/mol. The summed E-state index contributed by atoms with van der Waals surface area (Å²) in [4.78, 5) is 8.78. The zero-order valence-corrected chi connectivity index (χ0v) is 9.26. The maximum Gasteiger partial charge on any atom is 0.135 e. The van der Waals surface area contributed by atoms with Gasteiger partial charge in [0.1, 0.15) is 17.5 Å². The monoisotopic (exact) mass is 194 g/mol. The second kappa shape index (κ2) is 4.79. The Kier molecular flexibility index (Phi) is 3.68. The van der Waals surface area contributed by atoms with Gasteiger partial charge in [-0.3, -0.25) is 0 Å². The lowest BCUT2D eigenvalue weighted by atomic mass is 10.2. The number of aromatic nitrogens is 2. The van der Waals surface area contributed by atoms with E-state index in [2.05, 4.69) is 41.4 Å². The molecule has 78 valence electrons. The highest BCUT2D eigenvalue weighted by atomic mass is 15.1. The Bertz CT molecular complexity index is 296. The summed E-state index contributed by atoms with van der Waals surface area (Å²) in [6.07, 6.45) is 0. The van der Waals surface area contributed by atoms with Gasteiger partial charge < -0.3 is 10.6 Å². The Morgan fingerprint density at radius 3 is 2.43 bits per heavy atom. The first-order chi connectivity index (χ1) is 6.67. The van der Waals surface area contributed by atoms with Gasteiger partial charge in [-0.2, -0.15) is 0 Å². The lowest BCUT2D eigenvalue weighted by Gasteiger charge is -2.10. The molecule has 0 bridgehead atoms. The molecule has 0 atom stereocenters. The van der Waals surface area contributed by atoms with Crippen molar-refractivity contribution in [2.75, 3.05) is 24.2 Å². The van der Waals surface area contributed by atoms with E-state index >= 15 is 0 Å². The van der Waals surface area contributed by atoms with E-state index < -0.39 is 0 Å². The molecule has 0 unspecified atom stereocenters. The minimum absolute atomic E-state index is 0.348. The highest BCUT2D eigenvalue weighted by Crippen LogP contribution is 2.16. The molecule has 14 heavy (non-hydrogen) atoms. The van der Waals surface area contributed by atoms with Crippen LogP contribution in [0.4, 0.5) is 11.6 Å². The summed E-state index contributed by atoms with van der Waals surface area (Å²) in [5, 5.41) is 6.22. The molecule has 0 aliphatic heterocycles. The number of nitrogens with zero attached hydrogens (tertiary/aromatic N) is 2. The van der Waals surface area contributed by atoms with Crippen LogP contribution in [0.15, 0.2) is 6.07 Å². The molecule has 1 aromatic rings. The van der Waals surface area contributed by atoms with E-state index in [-0.39, 0.29) is 0 Å². The Morgan fingerprint density at radius 2 is 1.93 bits per heavy atom. The van der Waals surface area contributed by atoms with E-state index in [1.807, 2.05) is 13.1 Å². The van der Waals surface area contributed by atoms with Gasteiger partial charge in [-0.15, -0.1) is 0 Å². The van der Waals surface area contributed by atoms with Gasteiger partial charge in [0.05, 0.1) is 0 Å². The SMILES string of the molecule is CCNc1cc(NC)nc(C(C)C)n1. The molecule has 0 aliphatic carbocycles. The van der Waals surface area contributed by atoms with Gasteiger partial charge in [0, 0.05) is 25.6 Å². The Labute approximate surface area is 85.2 Å². The third-order valence-electron chi connectivity index (χ3n) is 1.87. The maximum atomic E-state index is 4.41. The fraction of sp³-hybridized carbons (Fsp3) is 0.600. The molecule has 0 spiro atoms. The zero-order valence-electron chi connectivity index (χ0n) is 9.26. The topological polar surface area (TPSA) is 49.8 Å². The van der Waals surface area contributed by atoms with E-state index in [1.54, 1.807) is 0 Å². The Balaban J connectivity index is 3.00. The molecule has 1 aromatic heterocycles. The molecular formula is C10H18N4. The summed E-state index contributed by atoms with van der Waals surface area (Å²) in [5.41, 5.74) is 0. The van der Waals surface area contributed by atoms with Crippen LogP contribution < -0.4 is 10.6 Å². The molecule has 0 saturated heterocycles. The van der Waals surface area contributed by atoms with Crippen LogP contribution >= 0.6 is 0 Å². The lowest BCUT2D eigenvalue weighted by Crippen LogP contribution is -2.07. The molecule has 4 nitrogen and oxygen atoms in total. The van der Waals surface area contributed by atoms with Crippen LogP contribution in [-0.4, -0.2) is 23.6 Å². The Hall–Kier alpha value is -1.32. The molecule has 1 rings (SSSR count). The van der Waals surface area contributed by atoms with E-state index in [1.165, 1.54) is 0 Å². The van der Waals surface area contributed by atoms with Crippen LogP contribution in [0, 0.1) is 0 Å². The van der Waals surface area contributed by atoms with Crippen molar-refractivity contribution < 1.29 is 0 Å². The lowest BCUT2D eigenvalue weighted by molar-refractivity contribution is 0.776.